The molecule has 0 unspecified atom stereocenters. The summed E-state index contributed by atoms with van der Waals surface area (Å²) in [5.41, 5.74) is 9.25. The number of nitrogens with zero attached hydrogens (tertiary/aromatic N) is 4. The number of nitrogens with two attached hydrogens (primary N) is 1. The van der Waals surface area contributed by atoms with Gasteiger partial charge in [0, 0.05) is 23.8 Å². The average Bonchev–Trinajstić information content (AvgIpc) is 3.29. The number of hydrogen-bond donors (Lipinski definition) is 2. The second-order valence-electron chi connectivity index (χ2n) is 8.04. The van der Waals surface area contributed by atoms with Crippen LogP contribution in [0, 0.1) is 0 Å². The van der Waals surface area contributed by atoms with Crippen LogP contribution in [0.1, 0.15) is 37.0 Å². The van der Waals surface area contributed by atoms with Crippen molar-refractivity contribution in [2.75, 3.05) is 16.9 Å². The highest BCUT2D eigenvalue weighted by molar-refractivity contribution is 7.07. The van der Waals surface area contributed by atoms with E-state index in [0.29, 0.717) is 23.9 Å². The Kier molecular flexibility index (Phi) is 4.66. The zero-order valence-corrected chi connectivity index (χ0v) is 17.7. The maximum atomic E-state index is 12.7. The molecule has 1 aliphatic heterocycles. The summed E-state index contributed by atoms with van der Waals surface area (Å²) in [7, 11) is 1.78. The summed E-state index contributed by atoms with van der Waals surface area (Å²) in [4.78, 5) is 19.2. The van der Waals surface area contributed by atoms with Crippen molar-refractivity contribution in [3.63, 3.8) is 0 Å². The lowest BCUT2D eigenvalue weighted by atomic mass is 9.92. The third kappa shape index (κ3) is 3.63. The molecule has 1 aromatic carbocycles. The van der Waals surface area contributed by atoms with E-state index in [1.54, 1.807) is 23.1 Å². The monoisotopic (exact) mass is 408 g/mol. The van der Waals surface area contributed by atoms with Crippen molar-refractivity contribution in [3.05, 3.63) is 63.1 Å². The van der Waals surface area contributed by atoms with Crippen LogP contribution < -0.4 is 25.8 Å². The second-order valence-corrected chi connectivity index (χ2v) is 8.94. The minimum absolute atomic E-state index is 0.115. The Balaban J connectivity index is 1.52. The van der Waals surface area contributed by atoms with E-state index >= 15 is 0 Å². The molecule has 4 rings (SSSR count). The van der Waals surface area contributed by atoms with Crippen molar-refractivity contribution in [1.29, 1.82) is 0 Å². The van der Waals surface area contributed by atoms with E-state index in [2.05, 4.69) is 36.2 Å². The topological polar surface area (TPSA) is 88.5 Å². The van der Waals surface area contributed by atoms with Crippen molar-refractivity contribution in [1.82, 2.24) is 9.78 Å². The molecule has 3 aromatic rings. The lowest BCUT2D eigenvalue weighted by Gasteiger charge is -2.24. The molecule has 1 amide bonds. The van der Waals surface area contributed by atoms with E-state index in [9.17, 15) is 4.79 Å². The summed E-state index contributed by atoms with van der Waals surface area (Å²) in [5, 5.41) is 10.4. The highest BCUT2D eigenvalue weighted by Crippen LogP contribution is 2.23. The third-order valence-corrected chi connectivity index (χ3v) is 5.73. The van der Waals surface area contributed by atoms with E-state index < -0.39 is 0 Å². The maximum absolute atomic E-state index is 12.7. The predicted molar refractivity (Wildman–Crippen MR) is 116 cm³/mol. The summed E-state index contributed by atoms with van der Waals surface area (Å²) < 4.78 is 2.58. The van der Waals surface area contributed by atoms with Gasteiger partial charge in [-0.2, -0.15) is 5.10 Å². The average molecular weight is 409 g/mol. The van der Waals surface area contributed by atoms with Crippen molar-refractivity contribution in [2.45, 2.75) is 26.2 Å². The van der Waals surface area contributed by atoms with Crippen molar-refractivity contribution < 1.29 is 4.79 Å². The first-order chi connectivity index (χ1) is 13.7. The van der Waals surface area contributed by atoms with Crippen LogP contribution in [-0.4, -0.2) is 22.4 Å². The van der Waals surface area contributed by atoms with E-state index in [1.165, 1.54) is 0 Å². The van der Waals surface area contributed by atoms with Gasteiger partial charge in [-0.05, 0) is 41.8 Å². The van der Waals surface area contributed by atoms with Gasteiger partial charge in [0.05, 0.1) is 10.9 Å². The zero-order valence-electron chi connectivity index (χ0n) is 16.9. The lowest BCUT2D eigenvalue weighted by molar-refractivity contribution is 0.101. The summed E-state index contributed by atoms with van der Waals surface area (Å²) in [6.07, 6.45) is 0. The first-order valence-electron chi connectivity index (χ1n) is 9.35. The minimum Gasteiger partial charge on any atom is -0.384 e. The molecular weight excluding hydrogens is 384 g/mol. The zero-order chi connectivity index (χ0) is 20.8. The molecule has 0 spiro atoms. The Morgan fingerprint density at radius 2 is 1.93 bits per heavy atom. The number of rotatable bonds is 3. The smallest absolute Gasteiger partial charge is 0.273 e. The van der Waals surface area contributed by atoms with Gasteiger partial charge >= 0.3 is 0 Å². The molecule has 8 heteroatoms. The molecule has 3 heterocycles. The fraction of sp³-hybridized carbons (Fsp3) is 0.286. The molecule has 0 radical (unpaired) electrons. The van der Waals surface area contributed by atoms with Gasteiger partial charge in [0.25, 0.3) is 5.91 Å². The van der Waals surface area contributed by atoms with E-state index in [1.807, 2.05) is 46.7 Å². The van der Waals surface area contributed by atoms with Crippen LogP contribution >= 0.6 is 11.3 Å². The second kappa shape index (κ2) is 7.04. The van der Waals surface area contributed by atoms with Gasteiger partial charge in [0.2, 0.25) is 0 Å². The van der Waals surface area contributed by atoms with Crippen LogP contribution in [-0.2, 0) is 12.5 Å². The van der Waals surface area contributed by atoms with Gasteiger partial charge in [-0.25, -0.2) is 0 Å². The molecular formula is C21H24N6OS. The number of anilines is 2. The third-order valence-electron chi connectivity index (χ3n) is 4.88. The number of nitrogens with one attached hydrogen (secondary N) is 1. The minimum atomic E-state index is -0.190. The highest BCUT2D eigenvalue weighted by Gasteiger charge is 2.22. The van der Waals surface area contributed by atoms with Crippen LogP contribution in [0.2, 0.25) is 0 Å². The number of fused-ring (bicyclic) bond motifs is 1. The number of benzene rings is 1. The SMILES string of the molecule is Cn1nc(C(C)(C)C)cc1C(=O)Nc1ccc(N2CN=c3sccc3=C2N)cc1. The van der Waals surface area contributed by atoms with E-state index in [4.69, 9.17) is 5.73 Å². The van der Waals surface area contributed by atoms with Crippen LogP contribution in [0.5, 0.6) is 0 Å². The molecule has 0 aliphatic carbocycles. The van der Waals surface area contributed by atoms with E-state index in [0.717, 1.165) is 21.3 Å². The Hall–Kier alpha value is -3.13. The van der Waals surface area contributed by atoms with E-state index in [-0.39, 0.29) is 11.3 Å². The van der Waals surface area contributed by atoms with Crippen molar-refractivity contribution in [2.24, 2.45) is 17.8 Å². The number of carbonyl (C=O) groups is 1. The van der Waals surface area contributed by atoms with Gasteiger partial charge in [-0.1, -0.05) is 20.8 Å². The molecule has 2 aromatic heterocycles. The Morgan fingerprint density at radius 3 is 2.59 bits per heavy atom. The number of carbonyl (C=O) groups excluding carboxylic acids is 1. The molecule has 7 nitrogen and oxygen atoms in total. The number of thiophene rings is 1. The summed E-state index contributed by atoms with van der Waals surface area (Å²) in [6.45, 7) is 6.70. The first-order valence-corrected chi connectivity index (χ1v) is 10.2. The molecule has 0 atom stereocenters. The molecule has 150 valence electrons. The van der Waals surface area contributed by atoms with Crippen LogP contribution in [0.15, 0.2) is 46.8 Å². The molecule has 0 saturated carbocycles. The Labute approximate surface area is 173 Å². The quantitative estimate of drug-likeness (QED) is 0.695. The van der Waals surface area contributed by atoms with Gasteiger partial charge in [0.1, 0.15) is 22.9 Å². The maximum Gasteiger partial charge on any atom is 0.273 e. The summed E-state index contributed by atoms with van der Waals surface area (Å²) in [6, 6.07) is 11.4. The first kappa shape index (κ1) is 19.2. The Bertz CT molecular complexity index is 1180. The van der Waals surface area contributed by atoms with Gasteiger partial charge < -0.3 is 16.0 Å². The summed E-state index contributed by atoms with van der Waals surface area (Å²) >= 11 is 1.59. The normalized spacial score (nSPS) is 13.8. The van der Waals surface area contributed by atoms with Gasteiger partial charge in [0.15, 0.2) is 0 Å². The fourth-order valence-corrected chi connectivity index (χ4v) is 3.93. The summed E-state index contributed by atoms with van der Waals surface area (Å²) in [5.74, 6) is 0.503. The highest BCUT2D eigenvalue weighted by atomic mass is 32.1. The van der Waals surface area contributed by atoms with Gasteiger partial charge in [-0.15, -0.1) is 11.3 Å². The largest absolute Gasteiger partial charge is 0.384 e. The van der Waals surface area contributed by atoms with Gasteiger partial charge in [-0.3, -0.25) is 14.5 Å². The number of amides is 1. The van der Waals surface area contributed by atoms with Crippen LogP contribution in [0.3, 0.4) is 0 Å². The molecule has 1 aliphatic rings. The van der Waals surface area contributed by atoms with Crippen LogP contribution in [0.4, 0.5) is 11.4 Å². The molecule has 0 bridgehead atoms. The van der Waals surface area contributed by atoms with Crippen LogP contribution in [0.25, 0.3) is 5.82 Å². The number of aromatic nitrogens is 2. The molecule has 29 heavy (non-hydrogen) atoms. The van der Waals surface area contributed by atoms with Crippen molar-refractivity contribution in [3.8, 4) is 0 Å². The molecule has 0 saturated heterocycles. The fourth-order valence-electron chi connectivity index (χ4n) is 3.16. The molecule has 0 fully saturated rings. The Morgan fingerprint density at radius 1 is 1.21 bits per heavy atom. The number of hydrogen-bond acceptors (Lipinski definition) is 6. The standard InChI is InChI=1S/C21H24N6OS/c1-21(2,3)17-11-16(26(4)25-17)19(28)24-13-5-7-14(8-6-13)27-12-23-20-15(18(27)22)9-10-29-20/h5-11H,12,22H2,1-4H3,(H,24,28). The lowest BCUT2D eigenvalue weighted by Crippen LogP contribution is -2.41. The number of aryl methyl sites for hydroxylation is 1. The predicted octanol–water partition coefficient (Wildman–Crippen LogP) is 2.15. The van der Waals surface area contributed by atoms with Crippen molar-refractivity contribution >= 4 is 34.4 Å². The molecule has 3 N–H and O–H groups in total.